The molecule has 0 aliphatic carbocycles. The van der Waals surface area contributed by atoms with E-state index in [1.807, 2.05) is 0 Å². The number of allylic oxidation sites excluding steroid dienone is 2. The quantitative estimate of drug-likeness (QED) is 0.211. The van der Waals surface area contributed by atoms with Gasteiger partial charge in [-0.1, -0.05) is 140 Å². The van der Waals surface area contributed by atoms with Crippen molar-refractivity contribution in [3.8, 4) is 33.4 Å². The van der Waals surface area contributed by atoms with E-state index in [2.05, 4.69) is 164 Å². The van der Waals surface area contributed by atoms with Crippen LogP contribution in [0.5, 0.6) is 0 Å². The van der Waals surface area contributed by atoms with Gasteiger partial charge in [-0.25, -0.2) is 0 Å². The van der Waals surface area contributed by atoms with Gasteiger partial charge in [0.1, 0.15) is 0 Å². The van der Waals surface area contributed by atoms with Gasteiger partial charge in [-0.2, -0.15) is 0 Å². The monoisotopic (exact) mass is 513 g/mol. The van der Waals surface area contributed by atoms with E-state index in [0.29, 0.717) is 6.54 Å². The third-order valence-corrected chi connectivity index (χ3v) is 7.27. The number of fused-ring (bicyclic) bond motifs is 1. The lowest BCUT2D eigenvalue weighted by atomic mass is 9.92. The maximum absolute atomic E-state index is 6.05. The molecule has 0 amide bonds. The van der Waals surface area contributed by atoms with E-state index < -0.39 is 0 Å². The summed E-state index contributed by atoms with van der Waals surface area (Å²) in [6.07, 6.45) is 6.44. The van der Waals surface area contributed by atoms with Crippen molar-refractivity contribution in [3.05, 3.63) is 169 Å². The molecule has 6 aromatic carbocycles. The van der Waals surface area contributed by atoms with Gasteiger partial charge >= 0.3 is 0 Å². The van der Waals surface area contributed by atoms with Crippen molar-refractivity contribution in [2.75, 3.05) is 6.54 Å². The summed E-state index contributed by atoms with van der Waals surface area (Å²) in [5, 5.41) is 2.52. The summed E-state index contributed by atoms with van der Waals surface area (Å²) in [4.78, 5) is 0. The summed E-state index contributed by atoms with van der Waals surface area (Å²) >= 11 is 0. The molecule has 0 unspecified atom stereocenters. The molecule has 0 aromatic heterocycles. The minimum Gasteiger partial charge on any atom is -0.327 e. The second-order valence-electron chi connectivity index (χ2n) is 9.94. The zero-order valence-corrected chi connectivity index (χ0v) is 22.4. The SMILES string of the molecule is NC/C=C(\C=C/c1ccc(-c2ccc3ccccc3c2)cc1)c1cc(-c2ccccc2)cc(-c2ccccc2)c1. The largest absolute Gasteiger partial charge is 0.327 e. The molecule has 2 N–H and O–H groups in total. The lowest BCUT2D eigenvalue weighted by Gasteiger charge is -2.12. The first kappa shape index (κ1) is 25.3. The molecule has 6 rings (SSSR count). The van der Waals surface area contributed by atoms with Crippen LogP contribution < -0.4 is 5.73 Å². The van der Waals surface area contributed by atoms with Gasteiger partial charge < -0.3 is 5.73 Å². The second-order valence-corrected chi connectivity index (χ2v) is 9.94. The van der Waals surface area contributed by atoms with E-state index in [1.54, 1.807) is 0 Å². The Balaban J connectivity index is 1.32. The molecule has 0 aliphatic heterocycles. The summed E-state index contributed by atoms with van der Waals surface area (Å²) in [5.74, 6) is 0. The van der Waals surface area contributed by atoms with E-state index in [9.17, 15) is 0 Å². The summed E-state index contributed by atoms with van der Waals surface area (Å²) in [6, 6.07) is 51.7. The number of benzene rings is 6. The Morgan fingerprint density at radius 1 is 0.475 bits per heavy atom. The molecular weight excluding hydrogens is 482 g/mol. The number of nitrogens with two attached hydrogens (primary N) is 1. The highest BCUT2D eigenvalue weighted by Gasteiger charge is 2.08. The molecule has 0 radical (unpaired) electrons. The van der Waals surface area contributed by atoms with Gasteiger partial charge in [0.05, 0.1) is 0 Å². The zero-order valence-electron chi connectivity index (χ0n) is 22.4. The first-order valence-electron chi connectivity index (χ1n) is 13.7. The fourth-order valence-electron chi connectivity index (χ4n) is 5.14. The van der Waals surface area contributed by atoms with Gasteiger partial charge in [0.25, 0.3) is 0 Å². The van der Waals surface area contributed by atoms with Gasteiger partial charge in [-0.15, -0.1) is 0 Å². The molecule has 1 nitrogen and oxygen atoms in total. The molecule has 40 heavy (non-hydrogen) atoms. The summed E-state index contributed by atoms with van der Waals surface area (Å²) in [7, 11) is 0. The molecule has 0 aliphatic rings. The highest BCUT2D eigenvalue weighted by atomic mass is 14.5. The van der Waals surface area contributed by atoms with Crippen molar-refractivity contribution in [3.63, 3.8) is 0 Å². The van der Waals surface area contributed by atoms with E-state index >= 15 is 0 Å². The third-order valence-electron chi connectivity index (χ3n) is 7.27. The van der Waals surface area contributed by atoms with Crippen LogP contribution >= 0.6 is 0 Å². The normalized spacial score (nSPS) is 11.8. The van der Waals surface area contributed by atoms with Crippen LogP contribution in [0.1, 0.15) is 11.1 Å². The maximum atomic E-state index is 6.05. The fraction of sp³-hybridized carbons (Fsp3) is 0.0256. The Bertz CT molecular complexity index is 1740. The van der Waals surface area contributed by atoms with Crippen LogP contribution in [-0.4, -0.2) is 6.54 Å². The van der Waals surface area contributed by atoms with Crippen molar-refractivity contribution in [2.45, 2.75) is 0 Å². The molecule has 0 spiro atoms. The first-order valence-corrected chi connectivity index (χ1v) is 13.7. The van der Waals surface area contributed by atoms with Gasteiger partial charge in [0.2, 0.25) is 0 Å². The van der Waals surface area contributed by atoms with Crippen LogP contribution in [0.25, 0.3) is 55.8 Å². The summed E-state index contributed by atoms with van der Waals surface area (Å²) in [6.45, 7) is 0.469. The Kier molecular flexibility index (Phi) is 7.48. The Morgan fingerprint density at radius 2 is 1.02 bits per heavy atom. The topological polar surface area (TPSA) is 26.0 Å². The Morgan fingerprint density at radius 3 is 1.65 bits per heavy atom. The lowest BCUT2D eigenvalue weighted by Crippen LogP contribution is -1.96. The molecule has 192 valence electrons. The smallest absolute Gasteiger partial charge is 0.0115 e. The molecule has 6 aromatic rings. The average Bonchev–Trinajstić information content (AvgIpc) is 3.03. The molecule has 0 saturated heterocycles. The standard InChI is InChI=1S/C39H31N/c40-24-23-34(20-17-29-15-18-33(19-16-29)36-22-21-32-13-7-8-14-35(32)25-36)39-27-37(30-9-3-1-4-10-30)26-38(28-39)31-11-5-2-6-12-31/h1-23,25-28H,24,40H2/b20-17-,34-23+. The maximum Gasteiger partial charge on any atom is 0.0115 e. The molecule has 1 heteroatoms. The van der Waals surface area contributed by atoms with Gasteiger partial charge in [-0.3, -0.25) is 0 Å². The highest BCUT2D eigenvalue weighted by Crippen LogP contribution is 2.32. The number of hydrogen-bond donors (Lipinski definition) is 1. The van der Waals surface area contributed by atoms with Crippen LogP contribution in [-0.2, 0) is 0 Å². The van der Waals surface area contributed by atoms with Crippen LogP contribution in [0.2, 0.25) is 0 Å². The van der Waals surface area contributed by atoms with Crippen LogP contribution in [0.3, 0.4) is 0 Å². The summed E-state index contributed by atoms with van der Waals surface area (Å²) in [5.41, 5.74) is 16.7. The third kappa shape index (κ3) is 5.71. The number of hydrogen-bond acceptors (Lipinski definition) is 1. The Labute approximate surface area is 236 Å². The van der Waals surface area contributed by atoms with Crippen LogP contribution in [0, 0.1) is 0 Å². The lowest BCUT2D eigenvalue weighted by molar-refractivity contribution is 1.26. The van der Waals surface area contributed by atoms with Gasteiger partial charge in [0, 0.05) is 6.54 Å². The van der Waals surface area contributed by atoms with E-state index in [-0.39, 0.29) is 0 Å². The van der Waals surface area contributed by atoms with E-state index in [1.165, 1.54) is 44.2 Å². The molecule has 0 atom stereocenters. The van der Waals surface area contributed by atoms with Crippen LogP contribution in [0.4, 0.5) is 0 Å². The van der Waals surface area contributed by atoms with Crippen molar-refractivity contribution < 1.29 is 0 Å². The van der Waals surface area contributed by atoms with Gasteiger partial charge in [0.15, 0.2) is 0 Å². The second kappa shape index (κ2) is 11.8. The number of rotatable bonds is 7. The molecule has 0 saturated carbocycles. The van der Waals surface area contributed by atoms with Gasteiger partial charge in [-0.05, 0) is 85.1 Å². The zero-order chi connectivity index (χ0) is 27.1. The van der Waals surface area contributed by atoms with Crippen LogP contribution in [0.15, 0.2) is 158 Å². The summed E-state index contributed by atoms with van der Waals surface area (Å²) < 4.78 is 0. The minimum atomic E-state index is 0.469. The van der Waals surface area contributed by atoms with E-state index in [4.69, 9.17) is 5.73 Å². The molecule has 0 heterocycles. The molecular formula is C39H31N. The Hall–Kier alpha value is -4.98. The van der Waals surface area contributed by atoms with Crippen molar-refractivity contribution in [2.24, 2.45) is 5.73 Å². The molecule has 0 fully saturated rings. The fourth-order valence-corrected chi connectivity index (χ4v) is 5.14. The van der Waals surface area contributed by atoms with Crippen molar-refractivity contribution in [1.82, 2.24) is 0 Å². The van der Waals surface area contributed by atoms with E-state index in [0.717, 1.165) is 16.7 Å². The predicted molar refractivity (Wildman–Crippen MR) is 173 cm³/mol. The first-order chi connectivity index (χ1) is 19.8. The highest BCUT2D eigenvalue weighted by molar-refractivity contribution is 5.88. The van der Waals surface area contributed by atoms with Crippen molar-refractivity contribution >= 4 is 22.4 Å². The van der Waals surface area contributed by atoms with Crippen molar-refractivity contribution in [1.29, 1.82) is 0 Å². The average molecular weight is 514 g/mol. The predicted octanol–water partition coefficient (Wildman–Crippen LogP) is 9.90. The minimum absolute atomic E-state index is 0.469. The molecule has 0 bridgehead atoms.